The van der Waals surface area contributed by atoms with E-state index in [0.29, 0.717) is 9.79 Å². The van der Waals surface area contributed by atoms with Gasteiger partial charge in [-0.25, -0.2) is 0 Å². The fourth-order valence-corrected chi connectivity index (χ4v) is 2.11. The molecular weight excluding hydrogens is 269 g/mol. The topological polar surface area (TPSA) is 9.23 Å². The summed E-state index contributed by atoms with van der Waals surface area (Å²) in [7, 11) is 6.43. The van der Waals surface area contributed by atoms with E-state index in [0.717, 1.165) is 11.0 Å². The molecule has 0 atom stereocenters. The molecule has 0 saturated heterocycles. The van der Waals surface area contributed by atoms with Gasteiger partial charge < -0.3 is 4.74 Å². The predicted octanol–water partition coefficient (Wildman–Crippen LogP) is 4.55. The number of alkyl halides is 3. The Kier molecular flexibility index (Phi) is 4.48. The molecule has 0 aromatic heterocycles. The Morgan fingerprint density at radius 3 is 2.47 bits per heavy atom. The Bertz CT molecular complexity index is 343. The largest absolute Gasteiger partial charge is 0.573 e. The molecule has 84 valence electrons. The van der Waals surface area contributed by atoms with Gasteiger partial charge in [0.05, 0.1) is 4.90 Å². The Morgan fingerprint density at radius 1 is 1.33 bits per heavy atom. The molecular formula is C8H6ClF3OS2. The lowest BCUT2D eigenvalue weighted by molar-refractivity contribution is -0.275. The van der Waals surface area contributed by atoms with Crippen molar-refractivity contribution in [1.82, 2.24) is 0 Å². The fourth-order valence-electron chi connectivity index (χ4n) is 0.905. The molecule has 0 aliphatic rings. The van der Waals surface area contributed by atoms with Gasteiger partial charge in [-0.2, -0.15) is 0 Å². The first-order valence-corrected chi connectivity index (χ1v) is 6.55. The average molecular weight is 275 g/mol. The highest BCUT2D eigenvalue weighted by atomic mass is 35.7. The van der Waals surface area contributed by atoms with E-state index in [9.17, 15) is 13.2 Å². The van der Waals surface area contributed by atoms with Crippen molar-refractivity contribution in [3.8, 4) is 5.75 Å². The first-order valence-electron chi connectivity index (χ1n) is 3.68. The van der Waals surface area contributed by atoms with Gasteiger partial charge in [0, 0.05) is 4.90 Å². The van der Waals surface area contributed by atoms with Gasteiger partial charge in [0.2, 0.25) is 0 Å². The number of hydrogen-bond acceptors (Lipinski definition) is 3. The third-order valence-corrected chi connectivity index (χ3v) is 3.18. The van der Waals surface area contributed by atoms with Crippen LogP contribution in [0.4, 0.5) is 13.2 Å². The first-order chi connectivity index (χ1) is 6.96. The minimum Gasteiger partial charge on any atom is -0.405 e. The van der Waals surface area contributed by atoms with Crippen LogP contribution in [-0.2, 0) is 0 Å². The van der Waals surface area contributed by atoms with Gasteiger partial charge in [-0.05, 0) is 46.1 Å². The monoisotopic (exact) mass is 274 g/mol. The molecule has 0 spiro atoms. The van der Waals surface area contributed by atoms with E-state index >= 15 is 0 Å². The minimum absolute atomic E-state index is 0.204. The molecule has 0 aliphatic carbocycles. The van der Waals surface area contributed by atoms with E-state index in [1.807, 2.05) is 0 Å². The normalized spacial score (nSPS) is 11.5. The molecule has 15 heavy (non-hydrogen) atoms. The number of halogens is 4. The molecule has 0 fully saturated rings. The highest BCUT2D eigenvalue weighted by Gasteiger charge is 2.32. The van der Waals surface area contributed by atoms with Crippen molar-refractivity contribution >= 4 is 33.4 Å². The molecule has 0 heterocycles. The van der Waals surface area contributed by atoms with Crippen LogP contribution in [-0.4, -0.2) is 12.6 Å². The molecule has 0 saturated carbocycles. The van der Waals surface area contributed by atoms with Crippen molar-refractivity contribution in [2.24, 2.45) is 0 Å². The van der Waals surface area contributed by atoms with Crippen LogP contribution in [0.3, 0.4) is 0 Å². The Balaban J connectivity index is 2.97. The zero-order chi connectivity index (χ0) is 11.5. The summed E-state index contributed by atoms with van der Waals surface area (Å²) in [6, 6.07) is 4.27. The molecule has 0 bridgehead atoms. The van der Waals surface area contributed by atoms with Crippen LogP contribution in [0.1, 0.15) is 0 Å². The second kappa shape index (κ2) is 5.23. The van der Waals surface area contributed by atoms with Crippen molar-refractivity contribution in [2.45, 2.75) is 16.2 Å². The van der Waals surface area contributed by atoms with Crippen molar-refractivity contribution in [3.63, 3.8) is 0 Å². The molecule has 7 heteroatoms. The summed E-state index contributed by atoms with van der Waals surface area (Å²) < 4.78 is 39.8. The van der Waals surface area contributed by atoms with Gasteiger partial charge in [-0.1, -0.05) is 0 Å². The molecule has 0 radical (unpaired) electrons. The summed E-state index contributed by atoms with van der Waals surface area (Å²) in [6.07, 6.45) is -3.00. The predicted molar refractivity (Wildman–Crippen MR) is 56.6 cm³/mol. The third kappa shape index (κ3) is 4.04. The van der Waals surface area contributed by atoms with Crippen LogP contribution in [0.5, 0.6) is 5.75 Å². The molecule has 0 aliphatic heterocycles. The van der Waals surface area contributed by atoms with Crippen LogP contribution in [0.25, 0.3) is 0 Å². The third-order valence-electron chi connectivity index (χ3n) is 1.45. The summed E-state index contributed by atoms with van der Waals surface area (Å²) in [4.78, 5) is 1.08. The summed E-state index contributed by atoms with van der Waals surface area (Å²) >= 11 is 1.17. The summed E-state index contributed by atoms with van der Waals surface area (Å²) in [5.41, 5.74) is 0. The van der Waals surface area contributed by atoms with Crippen molar-refractivity contribution in [3.05, 3.63) is 18.2 Å². The quantitative estimate of drug-likeness (QED) is 0.748. The smallest absolute Gasteiger partial charge is 0.405 e. The molecule has 1 aromatic rings. The van der Waals surface area contributed by atoms with E-state index in [2.05, 4.69) is 4.74 Å². The molecule has 1 rings (SSSR count). The van der Waals surface area contributed by atoms with Crippen LogP contribution in [0.15, 0.2) is 28.0 Å². The zero-order valence-electron chi connectivity index (χ0n) is 7.47. The maximum absolute atomic E-state index is 12.0. The van der Waals surface area contributed by atoms with E-state index in [1.165, 1.54) is 23.9 Å². The van der Waals surface area contributed by atoms with E-state index in [1.54, 1.807) is 12.3 Å². The molecule has 0 amide bonds. The number of thioether (sulfide) groups is 1. The SMILES string of the molecule is CSc1cc(SCl)ccc1OC(F)(F)F. The zero-order valence-corrected chi connectivity index (χ0v) is 9.86. The van der Waals surface area contributed by atoms with Gasteiger partial charge in [-0.3, -0.25) is 0 Å². The lowest BCUT2D eigenvalue weighted by atomic mass is 10.3. The number of rotatable bonds is 3. The van der Waals surface area contributed by atoms with Gasteiger partial charge in [0.1, 0.15) is 5.75 Å². The first kappa shape index (κ1) is 12.9. The van der Waals surface area contributed by atoms with Gasteiger partial charge in [0.15, 0.2) is 0 Å². The lowest BCUT2D eigenvalue weighted by Crippen LogP contribution is -2.17. The fraction of sp³-hybridized carbons (Fsp3) is 0.250. The summed E-state index contributed by atoms with van der Waals surface area (Å²) in [5.74, 6) is -0.204. The van der Waals surface area contributed by atoms with Crippen LogP contribution >= 0.6 is 33.4 Å². The van der Waals surface area contributed by atoms with Crippen LogP contribution in [0.2, 0.25) is 0 Å². The Morgan fingerprint density at radius 2 is 2.00 bits per heavy atom. The van der Waals surface area contributed by atoms with Crippen molar-refractivity contribution in [1.29, 1.82) is 0 Å². The summed E-state index contributed by atoms with van der Waals surface area (Å²) in [6.45, 7) is 0. The number of hydrogen-bond donors (Lipinski definition) is 0. The standard InChI is InChI=1S/C8H6ClF3OS2/c1-14-7-4-5(15-9)2-3-6(7)13-8(10,11)12/h2-4H,1H3. The van der Waals surface area contributed by atoms with Crippen molar-refractivity contribution < 1.29 is 17.9 Å². The van der Waals surface area contributed by atoms with Gasteiger partial charge in [0.25, 0.3) is 0 Å². The molecule has 0 unspecified atom stereocenters. The van der Waals surface area contributed by atoms with Crippen LogP contribution < -0.4 is 4.74 Å². The Hall–Kier alpha value is -0.200. The maximum atomic E-state index is 12.0. The van der Waals surface area contributed by atoms with E-state index in [-0.39, 0.29) is 5.75 Å². The number of ether oxygens (including phenoxy) is 1. The van der Waals surface area contributed by atoms with E-state index in [4.69, 9.17) is 10.7 Å². The second-order valence-corrected chi connectivity index (χ2v) is 4.37. The van der Waals surface area contributed by atoms with Gasteiger partial charge >= 0.3 is 6.36 Å². The highest BCUT2D eigenvalue weighted by molar-refractivity contribution is 8.21. The Labute approximate surface area is 97.8 Å². The molecule has 1 nitrogen and oxygen atoms in total. The van der Waals surface area contributed by atoms with Gasteiger partial charge in [-0.15, -0.1) is 24.9 Å². The maximum Gasteiger partial charge on any atom is 0.573 e. The van der Waals surface area contributed by atoms with Crippen molar-refractivity contribution in [2.75, 3.05) is 6.26 Å². The average Bonchev–Trinajstić information content (AvgIpc) is 2.16. The highest BCUT2D eigenvalue weighted by Crippen LogP contribution is 2.36. The minimum atomic E-state index is -4.67. The second-order valence-electron chi connectivity index (χ2n) is 2.44. The summed E-state index contributed by atoms with van der Waals surface area (Å²) in [5, 5.41) is 0. The van der Waals surface area contributed by atoms with Crippen LogP contribution in [0, 0.1) is 0 Å². The molecule has 1 aromatic carbocycles. The lowest BCUT2D eigenvalue weighted by Gasteiger charge is -2.12. The molecule has 0 N–H and O–H groups in total. The number of benzene rings is 1. The van der Waals surface area contributed by atoms with E-state index < -0.39 is 6.36 Å².